The first kappa shape index (κ1) is 11.5. The molecule has 0 aromatic heterocycles. The van der Waals surface area contributed by atoms with E-state index in [1.165, 1.54) is 10.7 Å². The Hall–Kier alpha value is -1.59. The zero-order chi connectivity index (χ0) is 11.3. The third kappa shape index (κ3) is 3.57. The molecule has 1 aromatic rings. The van der Waals surface area contributed by atoms with Crippen molar-refractivity contribution in [2.45, 2.75) is 6.42 Å². The molecule has 0 heterocycles. The molecule has 0 bridgehead atoms. The van der Waals surface area contributed by atoms with Crippen molar-refractivity contribution >= 4 is 5.84 Å². The van der Waals surface area contributed by atoms with E-state index in [0.717, 1.165) is 12.0 Å². The number of hydrazine groups is 1. The SMILES string of the molecule is CN(N)/N=C(\N)c1ccc(CCN)cc1. The van der Waals surface area contributed by atoms with Crippen LogP contribution in [0.1, 0.15) is 11.1 Å². The van der Waals surface area contributed by atoms with Crippen molar-refractivity contribution in [3.8, 4) is 0 Å². The highest BCUT2D eigenvalue weighted by molar-refractivity contribution is 5.97. The molecule has 0 aliphatic rings. The fraction of sp³-hybridized carbons (Fsp3) is 0.300. The molecule has 1 rings (SSSR count). The molecule has 1 aromatic carbocycles. The monoisotopic (exact) mass is 207 g/mol. The third-order valence-electron chi connectivity index (χ3n) is 1.95. The Morgan fingerprint density at radius 1 is 1.33 bits per heavy atom. The van der Waals surface area contributed by atoms with E-state index in [0.29, 0.717) is 12.4 Å². The van der Waals surface area contributed by atoms with Gasteiger partial charge in [0, 0.05) is 12.6 Å². The highest BCUT2D eigenvalue weighted by atomic mass is 15.6. The van der Waals surface area contributed by atoms with Crippen LogP contribution in [0.5, 0.6) is 0 Å². The van der Waals surface area contributed by atoms with Crippen LogP contribution in [0.4, 0.5) is 0 Å². The van der Waals surface area contributed by atoms with Gasteiger partial charge in [-0.3, -0.25) is 0 Å². The number of hydrogen-bond donors (Lipinski definition) is 3. The summed E-state index contributed by atoms with van der Waals surface area (Å²) in [5.41, 5.74) is 13.2. The highest BCUT2D eigenvalue weighted by Crippen LogP contribution is 2.04. The van der Waals surface area contributed by atoms with E-state index < -0.39 is 0 Å². The van der Waals surface area contributed by atoms with Crippen molar-refractivity contribution in [3.05, 3.63) is 35.4 Å². The van der Waals surface area contributed by atoms with Crippen molar-refractivity contribution in [1.29, 1.82) is 0 Å². The van der Waals surface area contributed by atoms with Gasteiger partial charge in [-0.15, -0.1) is 5.10 Å². The zero-order valence-electron chi connectivity index (χ0n) is 8.85. The molecular formula is C10H17N5. The number of hydrogen-bond acceptors (Lipinski definition) is 4. The Morgan fingerprint density at radius 3 is 2.40 bits per heavy atom. The van der Waals surface area contributed by atoms with Crippen LogP contribution in [-0.4, -0.2) is 24.5 Å². The average molecular weight is 207 g/mol. The van der Waals surface area contributed by atoms with Gasteiger partial charge in [0.2, 0.25) is 0 Å². The van der Waals surface area contributed by atoms with Gasteiger partial charge >= 0.3 is 0 Å². The predicted molar refractivity (Wildman–Crippen MR) is 61.9 cm³/mol. The Morgan fingerprint density at radius 2 is 1.93 bits per heavy atom. The summed E-state index contributed by atoms with van der Waals surface area (Å²) < 4.78 is 0. The van der Waals surface area contributed by atoms with E-state index in [4.69, 9.17) is 17.3 Å². The summed E-state index contributed by atoms with van der Waals surface area (Å²) in [4.78, 5) is 0. The van der Waals surface area contributed by atoms with E-state index >= 15 is 0 Å². The Labute approximate surface area is 89.5 Å². The quantitative estimate of drug-likeness (QED) is 0.271. The maximum atomic E-state index is 5.72. The van der Waals surface area contributed by atoms with Gasteiger partial charge in [-0.1, -0.05) is 24.3 Å². The van der Waals surface area contributed by atoms with Crippen molar-refractivity contribution in [2.75, 3.05) is 13.6 Å². The van der Waals surface area contributed by atoms with Gasteiger partial charge in [0.1, 0.15) is 0 Å². The predicted octanol–water partition coefficient (Wildman–Crippen LogP) is -0.386. The lowest BCUT2D eigenvalue weighted by molar-refractivity contribution is 0.371. The Bertz CT molecular complexity index is 328. The van der Waals surface area contributed by atoms with Crippen molar-refractivity contribution in [1.82, 2.24) is 5.12 Å². The molecule has 0 spiro atoms. The van der Waals surface area contributed by atoms with Crippen LogP contribution >= 0.6 is 0 Å². The lowest BCUT2D eigenvalue weighted by Crippen LogP contribution is -2.25. The van der Waals surface area contributed by atoms with Crippen LogP contribution < -0.4 is 17.3 Å². The summed E-state index contributed by atoms with van der Waals surface area (Å²) in [5.74, 6) is 5.76. The van der Waals surface area contributed by atoms with Crippen LogP contribution in [0.3, 0.4) is 0 Å². The lowest BCUT2D eigenvalue weighted by Gasteiger charge is -2.07. The van der Waals surface area contributed by atoms with Gasteiger partial charge in [-0.05, 0) is 18.5 Å². The number of nitrogens with two attached hydrogens (primary N) is 3. The number of nitrogens with zero attached hydrogens (tertiary/aromatic N) is 2. The fourth-order valence-electron chi connectivity index (χ4n) is 1.24. The van der Waals surface area contributed by atoms with Gasteiger partial charge in [0.05, 0.1) is 0 Å². The molecular weight excluding hydrogens is 190 g/mol. The van der Waals surface area contributed by atoms with Crippen molar-refractivity contribution in [3.63, 3.8) is 0 Å². The maximum Gasteiger partial charge on any atom is 0.152 e. The van der Waals surface area contributed by atoms with E-state index in [9.17, 15) is 0 Å². The normalized spacial score (nSPS) is 11.5. The first-order valence-corrected chi connectivity index (χ1v) is 4.75. The summed E-state index contributed by atoms with van der Waals surface area (Å²) in [7, 11) is 1.62. The molecule has 6 N–H and O–H groups in total. The molecule has 15 heavy (non-hydrogen) atoms. The number of rotatable bonds is 4. The molecule has 0 saturated carbocycles. The summed E-state index contributed by atoms with van der Waals surface area (Å²) >= 11 is 0. The standard InChI is InChI=1S/C10H17N5/c1-15(13)14-10(12)9-4-2-8(3-5-9)6-7-11/h2-5H,6-7,11,13H2,1H3,(H2,12,14). The minimum absolute atomic E-state index is 0.402. The molecule has 5 nitrogen and oxygen atoms in total. The Balaban J connectivity index is 2.79. The molecule has 0 fully saturated rings. The zero-order valence-corrected chi connectivity index (χ0v) is 8.85. The molecule has 82 valence electrons. The first-order chi connectivity index (χ1) is 7.13. The maximum absolute atomic E-state index is 5.72. The molecule has 0 radical (unpaired) electrons. The van der Waals surface area contributed by atoms with Gasteiger partial charge in [0.15, 0.2) is 5.84 Å². The highest BCUT2D eigenvalue weighted by Gasteiger charge is 1.99. The lowest BCUT2D eigenvalue weighted by atomic mass is 10.1. The van der Waals surface area contributed by atoms with Crippen LogP contribution in [0, 0.1) is 0 Å². The van der Waals surface area contributed by atoms with Crippen LogP contribution in [0.15, 0.2) is 29.4 Å². The van der Waals surface area contributed by atoms with Crippen LogP contribution in [-0.2, 0) is 6.42 Å². The number of amidine groups is 1. The van der Waals surface area contributed by atoms with Gasteiger partial charge in [-0.2, -0.15) is 0 Å². The summed E-state index contributed by atoms with van der Waals surface area (Å²) in [5, 5.41) is 5.09. The van der Waals surface area contributed by atoms with Crippen LogP contribution in [0.2, 0.25) is 0 Å². The number of benzene rings is 1. The summed E-state index contributed by atoms with van der Waals surface area (Å²) in [6.45, 7) is 0.647. The van der Waals surface area contributed by atoms with E-state index in [1.54, 1.807) is 7.05 Å². The molecule has 0 aliphatic carbocycles. The van der Waals surface area contributed by atoms with Gasteiger partial charge in [0.25, 0.3) is 0 Å². The second-order valence-electron chi connectivity index (χ2n) is 3.29. The number of hydrazone groups is 1. The first-order valence-electron chi connectivity index (χ1n) is 4.75. The third-order valence-corrected chi connectivity index (χ3v) is 1.95. The second kappa shape index (κ2) is 5.33. The van der Waals surface area contributed by atoms with E-state index in [1.807, 2.05) is 24.3 Å². The minimum atomic E-state index is 0.402. The smallest absolute Gasteiger partial charge is 0.152 e. The minimum Gasteiger partial charge on any atom is -0.382 e. The molecule has 0 aliphatic heterocycles. The molecule has 0 unspecified atom stereocenters. The van der Waals surface area contributed by atoms with Gasteiger partial charge < -0.3 is 11.5 Å². The van der Waals surface area contributed by atoms with Crippen molar-refractivity contribution < 1.29 is 0 Å². The molecule has 0 atom stereocenters. The average Bonchev–Trinajstić information content (AvgIpc) is 2.18. The summed E-state index contributed by atoms with van der Waals surface area (Å²) in [6.07, 6.45) is 0.869. The Kier molecular flexibility index (Phi) is 4.08. The van der Waals surface area contributed by atoms with E-state index in [-0.39, 0.29) is 0 Å². The van der Waals surface area contributed by atoms with Gasteiger partial charge in [-0.25, -0.2) is 11.0 Å². The van der Waals surface area contributed by atoms with Crippen molar-refractivity contribution in [2.24, 2.45) is 22.4 Å². The largest absolute Gasteiger partial charge is 0.382 e. The van der Waals surface area contributed by atoms with Crippen LogP contribution in [0.25, 0.3) is 0 Å². The molecule has 0 saturated heterocycles. The second-order valence-corrected chi connectivity index (χ2v) is 3.29. The van der Waals surface area contributed by atoms with E-state index in [2.05, 4.69) is 5.10 Å². The topological polar surface area (TPSA) is 93.7 Å². The molecule has 0 amide bonds. The summed E-state index contributed by atoms with van der Waals surface area (Å²) in [6, 6.07) is 7.79. The molecule has 5 heteroatoms. The fourth-order valence-corrected chi connectivity index (χ4v) is 1.24.